The predicted molar refractivity (Wildman–Crippen MR) is 129 cm³/mol. The number of aliphatic hydroxyl groups excluding tert-OH is 1. The number of rotatable bonds is 9. The monoisotopic (exact) mass is 421 g/mol. The lowest BCUT2D eigenvalue weighted by atomic mass is 9.96. The maximum atomic E-state index is 9.07. The molecule has 5 heteroatoms. The summed E-state index contributed by atoms with van der Waals surface area (Å²) in [5.41, 5.74) is 5.82. The normalized spacial score (nSPS) is 22.9. The van der Waals surface area contributed by atoms with Crippen LogP contribution in [0.4, 0.5) is 11.4 Å². The zero-order valence-corrected chi connectivity index (χ0v) is 18.7. The summed E-state index contributed by atoms with van der Waals surface area (Å²) in [5.74, 6) is 0.887. The van der Waals surface area contributed by atoms with Crippen LogP contribution in [0.2, 0.25) is 0 Å². The summed E-state index contributed by atoms with van der Waals surface area (Å²) >= 11 is 0. The lowest BCUT2D eigenvalue weighted by Crippen LogP contribution is -2.46. The van der Waals surface area contributed by atoms with E-state index in [4.69, 9.17) is 9.84 Å². The number of hydrogen-bond acceptors (Lipinski definition) is 5. The highest BCUT2D eigenvalue weighted by molar-refractivity contribution is 5.70. The Balaban J connectivity index is 1.40. The Morgan fingerprint density at radius 3 is 2.61 bits per heavy atom. The van der Waals surface area contributed by atoms with Crippen molar-refractivity contribution in [3.8, 4) is 5.75 Å². The zero-order valence-electron chi connectivity index (χ0n) is 18.7. The number of aryl methyl sites for hydroxylation is 1. The standard InChI is InChI=1S/C26H35N3O2/c1-4-20-14-21(7-10-25(20)27-3)28-22-15-23-8-9-24(16-22)29(23)17-19-6-5-18(2)26(13-19)31-12-11-30/h4-7,10,13-14,22-24,27-28,30H,1,8-9,11-12,15-17H2,2-3H3. The molecule has 2 heterocycles. The van der Waals surface area contributed by atoms with E-state index in [9.17, 15) is 0 Å². The Morgan fingerprint density at radius 2 is 1.94 bits per heavy atom. The average molecular weight is 422 g/mol. The average Bonchev–Trinajstić information content (AvgIpc) is 3.01. The molecule has 0 spiro atoms. The van der Waals surface area contributed by atoms with Gasteiger partial charge in [0.25, 0.3) is 0 Å². The third kappa shape index (κ3) is 4.89. The summed E-state index contributed by atoms with van der Waals surface area (Å²) in [6.45, 7) is 7.35. The number of benzene rings is 2. The van der Waals surface area contributed by atoms with Crippen LogP contribution in [0.15, 0.2) is 43.0 Å². The molecule has 31 heavy (non-hydrogen) atoms. The first-order valence-corrected chi connectivity index (χ1v) is 11.4. The summed E-state index contributed by atoms with van der Waals surface area (Å²) in [4.78, 5) is 2.69. The molecular weight excluding hydrogens is 386 g/mol. The molecule has 4 rings (SSSR count). The molecule has 2 aromatic carbocycles. The molecule has 2 aromatic rings. The van der Waals surface area contributed by atoms with Crippen molar-refractivity contribution in [2.75, 3.05) is 30.9 Å². The Labute approximate surface area is 186 Å². The molecule has 5 nitrogen and oxygen atoms in total. The fourth-order valence-corrected chi connectivity index (χ4v) is 5.20. The SMILES string of the molecule is C=Cc1cc(NC2CC3CCC(C2)N3Cc2ccc(C)c(OCCO)c2)ccc1NC. The van der Waals surface area contributed by atoms with Gasteiger partial charge in [0.1, 0.15) is 12.4 Å². The molecule has 166 valence electrons. The van der Waals surface area contributed by atoms with Gasteiger partial charge in [-0.25, -0.2) is 0 Å². The third-order valence-corrected chi connectivity index (χ3v) is 6.76. The lowest BCUT2D eigenvalue weighted by molar-refractivity contribution is 0.124. The van der Waals surface area contributed by atoms with E-state index in [-0.39, 0.29) is 6.61 Å². The first-order valence-electron chi connectivity index (χ1n) is 11.4. The topological polar surface area (TPSA) is 56.8 Å². The molecule has 3 N–H and O–H groups in total. The van der Waals surface area contributed by atoms with E-state index in [1.807, 2.05) is 13.1 Å². The van der Waals surface area contributed by atoms with Gasteiger partial charge in [0.2, 0.25) is 0 Å². The van der Waals surface area contributed by atoms with E-state index in [0.717, 1.165) is 29.1 Å². The van der Waals surface area contributed by atoms with Crippen LogP contribution in [0, 0.1) is 6.92 Å². The summed E-state index contributed by atoms with van der Waals surface area (Å²) < 4.78 is 5.71. The fraction of sp³-hybridized carbons (Fsp3) is 0.462. The molecule has 2 bridgehead atoms. The van der Waals surface area contributed by atoms with Gasteiger partial charge in [-0.3, -0.25) is 4.90 Å². The number of ether oxygens (including phenoxy) is 1. The van der Waals surface area contributed by atoms with E-state index in [2.05, 4.69) is 65.4 Å². The molecule has 2 atom stereocenters. The van der Waals surface area contributed by atoms with Gasteiger partial charge in [-0.15, -0.1) is 0 Å². The van der Waals surface area contributed by atoms with Crippen LogP contribution in [-0.2, 0) is 6.54 Å². The predicted octanol–water partition coefficient (Wildman–Crippen LogP) is 4.66. The molecular formula is C26H35N3O2. The number of nitrogens with one attached hydrogen (secondary N) is 2. The van der Waals surface area contributed by atoms with E-state index in [1.165, 1.54) is 36.9 Å². The van der Waals surface area contributed by atoms with E-state index < -0.39 is 0 Å². The molecule has 2 saturated heterocycles. The molecule has 0 radical (unpaired) electrons. The van der Waals surface area contributed by atoms with Gasteiger partial charge in [-0.1, -0.05) is 24.8 Å². The molecule has 2 aliphatic rings. The Bertz CT molecular complexity index is 900. The number of fused-ring (bicyclic) bond motifs is 2. The van der Waals surface area contributed by atoms with Gasteiger partial charge in [0, 0.05) is 43.1 Å². The van der Waals surface area contributed by atoms with Crippen molar-refractivity contribution >= 4 is 17.5 Å². The van der Waals surface area contributed by atoms with E-state index in [1.54, 1.807) is 0 Å². The number of hydrogen-bond donors (Lipinski definition) is 3. The van der Waals surface area contributed by atoms with Crippen LogP contribution < -0.4 is 15.4 Å². The minimum absolute atomic E-state index is 0.0420. The van der Waals surface area contributed by atoms with Gasteiger partial charge < -0.3 is 20.5 Å². The Kier molecular flexibility index (Phi) is 6.83. The van der Waals surface area contributed by atoms with Crippen molar-refractivity contribution in [3.05, 3.63) is 59.7 Å². The molecule has 0 amide bonds. The van der Waals surface area contributed by atoms with Gasteiger partial charge in [-0.05, 0) is 73.6 Å². The van der Waals surface area contributed by atoms with E-state index >= 15 is 0 Å². The second-order valence-electron chi connectivity index (χ2n) is 8.80. The Hall–Kier alpha value is -2.50. The van der Waals surface area contributed by atoms with Crippen molar-refractivity contribution in [2.24, 2.45) is 0 Å². The first-order chi connectivity index (χ1) is 15.1. The lowest BCUT2D eigenvalue weighted by Gasteiger charge is -2.39. The molecule has 0 saturated carbocycles. The Morgan fingerprint density at radius 1 is 1.16 bits per heavy atom. The smallest absolute Gasteiger partial charge is 0.122 e. The highest BCUT2D eigenvalue weighted by Gasteiger charge is 2.40. The van der Waals surface area contributed by atoms with E-state index in [0.29, 0.717) is 24.7 Å². The minimum atomic E-state index is 0.0420. The second-order valence-corrected chi connectivity index (χ2v) is 8.80. The summed E-state index contributed by atoms with van der Waals surface area (Å²) in [6, 6.07) is 14.7. The van der Waals surface area contributed by atoms with Crippen LogP contribution in [0.5, 0.6) is 5.75 Å². The molecule has 2 aliphatic heterocycles. The van der Waals surface area contributed by atoms with Crippen LogP contribution in [0.1, 0.15) is 42.4 Å². The van der Waals surface area contributed by atoms with Crippen LogP contribution in [-0.4, -0.2) is 48.4 Å². The van der Waals surface area contributed by atoms with Crippen molar-refractivity contribution in [2.45, 2.75) is 57.3 Å². The number of anilines is 2. The second kappa shape index (κ2) is 9.75. The van der Waals surface area contributed by atoms with Crippen molar-refractivity contribution in [1.82, 2.24) is 4.90 Å². The zero-order chi connectivity index (χ0) is 21.8. The molecule has 2 fully saturated rings. The van der Waals surface area contributed by atoms with Gasteiger partial charge in [-0.2, -0.15) is 0 Å². The van der Waals surface area contributed by atoms with Crippen molar-refractivity contribution < 1.29 is 9.84 Å². The summed E-state index contributed by atoms with van der Waals surface area (Å²) in [6.07, 6.45) is 6.81. The van der Waals surface area contributed by atoms with Crippen LogP contribution in [0.25, 0.3) is 6.08 Å². The summed E-state index contributed by atoms with van der Waals surface area (Å²) in [7, 11) is 1.94. The van der Waals surface area contributed by atoms with Crippen molar-refractivity contribution in [1.29, 1.82) is 0 Å². The maximum absolute atomic E-state index is 9.07. The summed E-state index contributed by atoms with van der Waals surface area (Å²) in [5, 5.41) is 16.1. The highest BCUT2D eigenvalue weighted by Crippen LogP contribution is 2.38. The molecule has 2 unspecified atom stereocenters. The maximum Gasteiger partial charge on any atom is 0.122 e. The minimum Gasteiger partial charge on any atom is -0.491 e. The fourth-order valence-electron chi connectivity index (χ4n) is 5.20. The highest BCUT2D eigenvalue weighted by atomic mass is 16.5. The molecule has 0 aliphatic carbocycles. The van der Waals surface area contributed by atoms with Crippen LogP contribution in [0.3, 0.4) is 0 Å². The largest absolute Gasteiger partial charge is 0.491 e. The molecule has 0 aromatic heterocycles. The number of piperidine rings is 1. The third-order valence-electron chi connectivity index (χ3n) is 6.76. The number of aliphatic hydroxyl groups is 1. The van der Waals surface area contributed by atoms with Gasteiger partial charge in [0.05, 0.1) is 6.61 Å². The first kappa shape index (κ1) is 21.7. The van der Waals surface area contributed by atoms with Crippen molar-refractivity contribution in [3.63, 3.8) is 0 Å². The van der Waals surface area contributed by atoms with Gasteiger partial charge in [0.15, 0.2) is 0 Å². The van der Waals surface area contributed by atoms with Gasteiger partial charge >= 0.3 is 0 Å². The van der Waals surface area contributed by atoms with Crippen LogP contribution >= 0.6 is 0 Å². The quantitative estimate of drug-likeness (QED) is 0.550. The number of nitrogens with zero attached hydrogens (tertiary/aromatic N) is 1.